The lowest BCUT2D eigenvalue weighted by molar-refractivity contribution is -0.140. The molecule has 0 spiro atoms. The van der Waals surface area contributed by atoms with Gasteiger partial charge in [0.15, 0.2) is 16.8 Å². The van der Waals surface area contributed by atoms with Gasteiger partial charge in [0.05, 0.1) is 23.1 Å². The van der Waals surface area contributed by atoms with Crippen LogP contribution >= 0.6 is 11.3 Å². The van der Waals surface area contributed by atoms with Gasteiger partial charge in [-0.2, -0.15) is 13.2 Å². The number of aromatic nitrogens is 4. The Bertz CT molecular complexity index is 1560. The van der Waals surface area contributed by atoms with E-state index in [-0.39, 0.29) is 33.8 Å². The second kappa shape index (κ2) is 8.44. The number of rotatable bonds is 4. The highest BCUT2D eigenvalue weighted by molar-refractivity contribution is 7.14. The Kier molecular flexibility index (Phi) is 5.77. The number of carbonyl (C=O) groups excluding carboxylic acids is 1. The van der Waals surface area contributed by atoms with E-state index in [1.54, 1.807) is 0 Å². The molecule has 2 N–H and O–H groups in total. The minimum absolute atomic E-state index is 0.00902. The summed E-state index contributed by atoms with van der Waals surface area (Å²) in [5, 5.41) is 3.69. The molecule has 4 rings (SSSR count). The van der Waals surface area contributed by atoms with Gasteiger partial charge >= 0.3 is 11.9 Å². The number of anilines is 1. The van der Waals surface area contributed by atoms with Gasteiger partial charge in [0.2, 0.25) is 5.91 Å². The Balaban J connectivity index is 1.58. The van der Waals surface area contributed by atoms with Crippen molar-refractivity contribution in [2.24, 2.45) is 7.05 Å². The van der Waals surface area contributed by atoms with Gasteiger partial charge in [-0.15, -0.1) is 11.3 Å². The number of carbonyl (C=O) groups is 1. The largest absolute Gasteiger partial charge is 0.419 e. The maximum absolute atomic E-state index is 14.2. The van der Waals surface area contributed by atoms with Crippen LogP contribution in [0.5, 0.6) is 0 Å². The second-order valence-electron chi connectivity index (χ2n) is 7.04. The fourth-order valence-corrected chi connectivity index (χ4v) is 3.91. The lowest BCUT2D eigenvalue weighted by atomic mass is 10.1. The highest BCUT2D eigenvalue weighted by Gasteiger charge is 2.36. The Morgan fingerprint density at radius 2 is 1.91 bits per heavy atom. The molecule has 4 aromatic rings. The predicted octanol–water partition coefficient (Wildman–Crippen LogP) is 3.22. The molecule has 8 nitrogen and oxygen atoms in total. The van der Waals surface area contributed by atoms with Crippen molar-refractivity contribution in [1.82, 2.24) is 19.5 Å². The Labute approximate surface area is 189 Å². The van der Waals surface area contributed by atoms with Gasteiger partial charge < -0.3 is 5.32 Å². The molecule has 0 saturated heterocycles. The van der Waals surface area contributed by atoms with Crippen molar-refractivity contribution in [3.63, 3.8) is 0 Å². The second-order valence-corrected chi connectivity index (χ2v) is 7.90. The molecule has 0 fully saturated rings. The average Bonchev–Trinajstić information content (AvgIpc) is 3.21. The van der Waals surface area contributed by atoms with Crippen molar-refractivity contribution in [2.75, 3.05) is 5.32 Å². The third-order valence-electron chi connectivity index (χ3n) is 4.85. The number of pyridine rings is 1. The van der Waals surface area contributed by atoms with E-state index < -0.39 is 46.1 Å². The molecule has 0 aliphatic heterocycles. The fraction of sp³-hybridized carbons (Fsp3) is 0.150. The molecule has 1 aromatic carbocycles. The molecule has 0 radical (unpaired) electrons. The SMILES string of the molecule is Cn1c(=O)[nH]c2nccc(CC(=O)Nc3nc(-c4ccc(C(F)(F)F)c(F)c4F)cs3)c2c1=O. The summed E-state index contributed by atoms with van der Waals surface area (Å²) >= 11 is 0.839. The van der Waals surface area contributed by atoms with Crippen LogP contribution in [-0.2, 0) is 24.4 Å². The Morgan fingerprint density at radius 1 is 1.18 bits per heavy atom. The van der Waals surface area contributed by atoms with Crippen LogP contribution in [-0.4, -0.2) is 25.4 Å². The lowest BCUT2D eigenvalue weighted by Gasteiger charge is -2.10. The molecule has 34 heavy (non-hydrogen) atoms. The zero-order valence-corrected chi connectivity index (χ0v) is 17.8. The van der Waals surface area contributed by atoms with Crippen LogP contribution in [0.4, 0.5) is 27.1 Å². The Morgan fingerprint density at radius 3 is 2.62 bits per heavy atom. The average molecular weight is 497 g/mol. The number of amides is 1. The van der Waals surface area contributed by atoms with Crippen molar-refractivity contribution in [2.45, 2.75) is 12.6 Å². The lowest BCUT2D eigenvalue weighted by Crippen LogP contribution is -2.33. The third-order valence-corrected chi connectivity index (χ3v) is 5.61. The number of nitrogens with one attached hydrogen (secondary N) is 2. The highest BCUT2D eigenvalue weighted by Crippen LogP contribution is 2.36. The van der Waals surface area contributed by atoms with Crippen molar-refractivity contribution >= 4 is 33.4 Å². The number of thiazole rings is 1. The molecule has 0 saturated carbocycles. The minimum Gasteiger partial charge on any atom is -0.302 e. The molecule has 176 valence electrons. The number of hydrogen-bond acceptors (Lipinski definition) is 6. The molecule has 3 aromatic heterocycles. The zero-order chi connectivity index (χ0) is 24.8. The zero-order valence-electron chi connectivity index (χ0n) is 17.0. The molecule has 3 heterocycles. The molecular formula is C20H12F5N5O3S. The monoisotopic (exact) mass is 497 g/mol. The number of halogens is 5. The number of hydrogen-bond donors (Lipinski definition) is 2. The summed E-state index contributed by atoms with van der Waals surface area (Å²) in [4.78, 5) is 47.0. The smallest absolute Gasteiger partial charge is 0.302 e. The summed E-state index contributed by atoms with van der Waals surface area (Å²) in [5.41, 5.74) is -3.46. The predicted molar refractivity (Wildman–Crippen MR) is 112 cm³/mol. The van der Waals surface area contributed by atoms with Gasteiger partial charge in [-0.1, -0.05) is 0 Å². The maximum Gasteiger partial charge on any atom is 0.419 e. The van der Waals surface area contributed by atoms with Crippen molar-refractivity contribution in [3.8, 4) is 11.3 Å². The molecule has 0 aliphatic rings. The van der Waals surface area contributed by atoms with E-state index in [0.717, 1.165) is 22.0 Å². The van der Waals surface area contributed by atoms with E-state index in [2.05, 4.69) is 20.3 Å². The first-order valence-corrected chi connectivity index (χ1v) is 10.2. The summed E-state index contributed by atoms with van der Waals surface area (Å²) in [6.45, 7) is 0. The summed E-state index contributed by atoms with van der Waals surface area (Å²) in [5.74, 6) is -4.39. The molecule has 14 heteroatoms. The van der Waals surface area contributed by atoms with E-state index in [1.807, 2.05) is 0 Å². The van der Waals surface area contributed by atoms with Gasteiger partial charge in [-0.25, -0.2) is 23.5 Å². The summed E-state index contributed by atoms with van der Waals surface area (Å²) in [6.07, 6.45) is -4.06. The number of aromatic amines is 1. The summed E-state index contributed by atoms with van der Waals surface area (Å²) in [6, 6.07) is 2.58. The van der Waals surface area contributed by atoms with E-state index in [1.165, 1.54) is 24.7 Å². The molecule has 0 bridgehead atoms. The first kappa shape index (κ1) is 23.2. The van der Waals surface area contributed by atoms with Crippen LogP contribution in [0.2, 0.25) is 0 Å². The van der Waals surface area contributed by atoms with Crippen LogP contribution in [0.3, 0.4) is 0 Å². The van der Waals surface area contributed by atoms with Gasteiger partial charge in [0, 0.05) is 24.2 Å². The first-order valence-electron chi connectivity index (χ1n) is 9.35. The molecule has 1 amide bonds. The van der Waals surface area contributed by atoms with Crippen molar-refractivity contribution < 1.29 is 26.7 Å². The van der Waals surface area contributed by atoms with Gasteiger partial charge in [-0.3, -0.25) is 19.1 Å². The van der Waals surface area contributed by atoms with Gasteiger partial charge in [0.1, 0.15) is 5.65 Å². The van der Waals surface area contributed by atoms with Crippen LogP contribution in [0.1, 0.15) is 11.1 Å². The standard InChI is InChI=1S/C20H12F5N5O3S/c1-30-17(32)13-8(4-5-26-16(13)29-19(30)33)6-12(31)28-18-27-11(7-34-18)9-2-3-10(20(23,24)25)15(22)14(9)21/h2-5,7H,6H2,1H3,(H,26,29,33)(H,27,28,31). The quantitative estimate of drug-likeness (QED) is 0.421. The number of alkyl halides is 3. The van der Waals surface area contributed by atoms with Crippen LogP contribution < -0.4 is 16.6 Å². The normalized spacial score (nSPS) is 11.7. The van der Waals surface area contributed by atoms with E-state index >= 15 is 0 Å². The van der Waals surface area contributed by atoms with E-state index in [9.17, 15) is 36.3 Å². The van der Waals surface area contributed by atoms with Crippen molar-refractivity contribution in [3.05, 3.63) is 73.4 Å². The topological polar surface area (TPSA) is 110 Å². The molecule has 0 aliphatic carbocycles. The van der Waals surface area contributed by atoms with Crippen LogP contribution in [0.15, 0.2) is 39.4 Å². The fourth-order valence-electron chi connectivity index (χ4n) is 3.19. The van der Waals surface area contributed by atoms with Gasteiger partial charge in [-0.05, 0) is 23.8 Å². The first-order chi connectivity index (χ1) is 16.0. The molecule has 0 unspecified atom stereocenters. The maximum atomic E-state index is 14.2. The number of nitrogens with zero attached hydrogens (tertiary/aromatic N) is 3. The molecular weight excluding hydrogens is 485 g/mol. The van der Waals surface area contributed by atoms with Crippen LogP contribution in [0, 0.1) is 11.6 Å². The van der Waals surface area contributed by atoms with Gasteiger partial charge in [0.25, 0.3) is 5.56 Å². The minimum atomic E-state index is -5.06. The summed E-state index contributed by atoms with van der Waals surface area (Å²) < 4.78 is 67.2. The number of fused-ring (bicyclic) bond motifs is 1. The molecule has 0 atom stereocenters. The Hall–Kier alpha value is -3.94. The number of H-pyrrole nitrogens is 1. The highest BCUT2D eigenvalue weighted by atomic mass is 32.1. The van der Waals surface area contributed by atoms with Crippen molar-refractivity contribution in [1.29, 1.82) is 0 Å². The number of benzene rings is 1. The summed E-state index contributed by atoms with van der Waals surface area (Å²) in [7, 11) is 1.26. The van der Waals surface area contributed by atoms with Crippen LogP contribution in [0.25, 0.3) is 22.3 Å². The third kappa shape index (κ3) is 4.19. The van der Waals surface area contributed by atoms with E-state index in [0.29, 0.717) is 6.07 Å². The van der Waals surface area contributed by atoms with E-state index in [4.69, 9.17) is 0 Å².